The van der Waals surface area contributed by atoms with Crippen molar-refractivity contribution in [2.24, 2.45) is 0 Å². The van der Waals surface area contributed by atoms with Crippen molar-refractivity contribution in [1.82, 2.24) is 10.6 Å². The highest BCUT2D eigenvalue weighted by molar-refractivity contribution is 6.01. The van der Waals surface area contributed by atoms with Crippen molar-refractivity contribution < 1.29 is 19.1 Å². The van der Waals surface area contributed by atoms with Gasteiger partial charge in [0.15, 0.2) is 12.9 Å². The highest BCUT2D eigenvalue weighted by atomic mass is 16.5. The smallest absolute Gasteiger partial charge is 0.321 e. The number of hydrogen-bond donors (Lipinski definition) is 2. The van der Waals surface area contributed by atoms with Gasteiger partial charge in [0.2, 0.25) is 0 Å². The first-order valence-electron chi connectivity index (χ1n) is 6.83. The van der Waals surface area contributed by atoms with Gasteiger partial charge >= 0.3 is 6.03 Å². The Bertz CT molecular complexity index is 712. The van der Waals surface area contributed by atoms with Gasteiger partial charge in [-0.25, -0.2) is 4.79 Å². The van der Waals surface area contributed by atoms with Gasteiger partial charge in [-0.2, -0.15) is 0 Å². The molecule has 6 heteroatoms. The third-order valence-corrected chi connectivity index (χ3v) is 3.00. The molecular weight excluding hydrogens is 284 g/mol. The summed E-state index contributed by atoms with van der Waals surface area (Å²) in [5, 5.41) is 6.22. The van der Waals surface area contributed by atoms with E-state index < -0.39 is 11.9 Å². The summed E-state index contributed by atoms with van der Waals surface area (Å²) in [4.78, 5) is 34.1. The quantitative estimate of drug-likeness (QED) is 0.826. The summed E-state index contributed by atoms with van der Waals surface area (Å²) in [5.41, 5.74) is 0.379. The first-order chi connectivity index (χ1) is 10.7. The van der Waals surface area contributed by atoms with E-state index >= 15 is 0 Å². The molecule has 0 fully saturated rings. The Morgan fingerprint density at radius 2 is 1.95 bits per heavy atom. The van der Waals surface area contributed by atoms with Gasteiger partial charge in [0, 0.05) is 6.54 Å². The predicted molar refractivity (Wildman–Crippen MR) is 82.0 cm³/mol. The van der Waals surface area contributed by atoms with Crippen LogP contribution in [0.5, 0.6) is 5.75 Å². The predicted octanol–water partition coefficient (Wildman–Crippen LogP) is 1.88. The average Bonchev–Trinajstić information content (AvgIpc) is 2.52. The molecule has 0 aromatic heterocycles. The van der Waals surface area contributed by atoms with Gasteiger partial charge in [-0.3, -0.25) is 14.9 Å². The Labute approximate surface area is 127 Å². The van der Waals surface area contributed by atoms with Crippen molar-refractivity contribution in [2.75, 3.05) is 13.2 Å². The molecule has 0 radical (unpaired) electrons. The summed E-state index contributed by atoms with van der Waals surface area (Å²) in [6, 6.07) is 10.2. The molecule has 6 nitrogen and oxygen atoms in total. The van der Waals surface area contributed by atoms with Crippen LogP contribution < -0.4 is 15.4 Å². The minimum absolute atomic E-state index is 0.305. The topological polar surface area (TPSA) is 84.5 Å². The third kappa shape index (κ3) is 3.60. The monoisotopic (exact) mass is 300 g/mol. The highest BCUT2D eigenvalue weighted by Gasteiger charge is 2.11. The van der Waals surface area contributed by atoms with Crippen LogP contribution in [-0.4, -0.2) is 31.4 Å². The minimum atomic E-state index is -0.587. The van der Waals surface area contributed by atoms with E-state index in [9.17, 15) is 14.4 Å². The van der Waals surface area contributed by atoms with Crippen molar-refractivity contribution in [3.63, 3.8) is 0 Å². The number of amides is 3. The molecule has 3 amide bonds. The van der Waals surface area contributed by atoms with E-state index in [2.05, 4.69) is 10.6 Å². The SMILES string of the molecule is CCNC(=O)NC(=O)COc1ccc2ccccc2c1C=O. The fourth-order valence-corrected chi connectivity index (χ4v) is 2.03. The van der Waals surface area contributed by atoms with E-state index in [4.69, 9.17) is 4.74 Å². The molecule has 22 heavy (non-hydrogen) atoms. The van der Waals surface area contributed by atoms with E-state index in [0.29, 0.717) is 24.1 Å². The molecule has 0 aliphatic rings. The van der Waals surface area contributed by atoms with Crippen LogP contribution in [0.25, 0.3) is 10.8 Å². The molecule has 0 saturated carbocycles. The lowest BCUT2D eigenvalue weighted by molar-refractivity contribution is -0.122. The molecule has 2 N–H and O–H groups in total. The maximum Gasteiger partial charge on any atom is 0.321 e. The van der Waals surface area contributed by atoms with Gasteiger partial charge < -0.3 is 10.1 Å². The van der Waals surface area contributed by atoms with Crippen LogP contribution in [-0.2, 0) is 4.79 Å². The van der Waals surface area contributed by atoms with Crippen LogP contribution in [0.3, 0.4) is 0 Å². The average molecular weight is 300 g/mol. The number of imide groups is 1. The van der Waals surface area contributed by atoms with E-state index in [1.165, 1.54) is 0 Å². The third-order valence-electron chi connectivity index (χ3n) is 3.00. The number of urea groups is 1. The molecule has 0 atom stereocenters. The standard InChI is InChI=1S/C16H16N2O4/c1-2-17-16(21)18-15(20)10-22-14-8-7-11-5-3-4-6-12(11)13(14)9-19/h3-9H,2,10H2,1H3,(H2,17,18,20,21). The fraction of sp³-hybridized carbons (Fsp3) is 0.188. The molecule has 2 aromatic rings. The number of benzene rings is 2. The Balaban J connectivity index is 2.10. The van der Waals surface area contributed by atoms with Crippen LogP contribution in [0.4, 0.5) is 4.79 Å². The summed E-state index contributed by atoms with van der Waals surface area (Å²) < 4.78 is 5.35. The Morgan fingerprint density at radius 3 is 2.68 bits per heavy atom. The maximum atomic E-state index is 11.6. The molecule has 2 rings (SSSR count). The normalized spacial score (nSPS) is 10.0. The Hall–Kier alpha value is -2.89. The number of aldehydes is 1. The largest absolute Gasteiger partial charge is 0.483 e. The second kappa shape index (κ2) is 7.21. The van der Waals surface area contributed by atoms with Crippen LogP contribution in [0, 0.1) is 0 Å². The summed E-state index contributed by atoms with van der Waals surface area (Å²) in [5.74, 6) is -0.282. The molecule has 0 heterocycles. The first kappa shape index (κ1) is 15.5. The van der Waals surface area contributed by atoms with Crippen molar-refractivity contribution >= 4 is 29.0 Å². The minimum Gasteiger partial charge on any atom is -0.483 e. The first-order valence-corrected chi connectivity index (χ1v) is 6.83. The number of nitrogens with one attached hydrogen (secondary N) is 2. The molecule has 0 aliphatic heterocycles. The van der Waals surface area contributed by atoms with Crippen molar-refractivity contribution in [1.29, 1.82) is 0 Å². The lowest BCUT2D eigenvalue weighted by Gasteiger charge is -2.10. The lowest BCUT2D eigenvalue weighted by Crippen LogP contribution is -2.41. The van der Waals surface area contributed by atoms with Gasteiger partial charge in [0.05, 0.1) is 5.56 Å². The summed E-state index contributed by atoms with van der Waals surface area (Å²) >= 11 is 0. The van der Waals surface area contributed by atoms with Gasteiger partial charge in [0.1, 0.15) is 5.75 Å². The number of fused-ring (bicyclic) bond motifs is 1. The number of rotatable bonds is 5. The van der Waals surface area contributed by atoms with Crippen molar-refractivity contribution in [3.05, 3.63) is 42.0 Å². The van der Waals surface area contributed by atoms with Gasteiger partial charge in [-0.05, 0) is 23.8 Å². The second-order valence-corrected chi connectivity index (χ2v) is 4.51. The van der Waals surface area contributed by atoms with E-state index in [1.807, 2.05) is 18.2 Å². The number of ether oxygens (including phenoxy) is 1. The molecule has 0 bridgehead atoms. The molecule has 0 aliphatic carbocycles. The van der Waals surface area contributed by atoms with E-state index in [0.717, 1.165) is 10.8 Å². The van der Waals surface area contributed by atoms with E-state index in [-0.39, 0.29) is 6.61 Å². The number of hydrogen-bond acceptors (Lipinski definition) is 4. The molecule has 0 spiro atoms. The van der Waals surface area contributed by atoms with Gasteiger partial charge in [-0.1, -0.05) is 30.3 Å². The van der Waals surface area contributed by atoms with E-state index in [1.54, 1.807) is 25.1 Å². The second-order valence-electron chi connectivity index (χ2n) is 4.51. The fourth-order valence-electron chi connectivity index (χ4n) is 2.03. The molecule has 0 saturated heterocycles. The number of carbonyl (C=O) groups is 3. The lowest BCUT2D eigenvalue weighted by atomic mass is 10.0. The Kier molecular flexibility index (Phi) is 5.08. The highest BCUT2D eigenvalue weighted by Crippen LogP contribution is 2.26. The van der Waals surface area contributed by atoms with Crippen LogP contribution in [0.15, 0.2) is 36.4 Å². The zero-order valence-corrected chi connectivity index (χ0v) is 12.1. The van der Waals surface area contributed by atoms with Gasteiger partial charge in [0.25, 0.3) is 5.91 Å². The van der Waals surface area contributed by atoms with Crippen LogP contribution >= 0.6 is 0 Å². The summed E-state index contributed by atoms with van der Waals surface area (Å²) in [6.07, 6.45) is 0.694. The summed E-state index contributed by atoms with van der Waals surface area (Å²) in [6.45, 7) is 1.81. The summed E-state index contributed by atoms with van der Waals surface area (Å²) in [7, 11) is 0. The molecule has 0 unspecified atom stereocenters. The van der Waals surface area contributed by atoms with Crippen LogP contribution in [0.1, 0.15) is 17.3 Å². The van der Waals surface area contributed by atoms with Crippen molar-refractivity contribution in [2.45, 2.75) is 6.92 Å². The molecular formula is C16H16N2O4. The Morgan fingerprint density at radius 1 is 1.18 bits per heavy atom. The zero-order chi connectivity index (χ0) is 15.9. The molecule has 114 valence electrons. The maximum absolute atomic E-state index is 11.6. The number of carbonyl (C=O) groups excluding carboxylic acids is 3. The zero-order valence-electron chi connectivity index (χ0n) is 12.1. The molecule has 2 aromatic carbocycles. The van der Waals surface area contributed by atoms with Gasteiger partial charge in [-0.15, -0.1) is 0 Å². The van der Waals surface area contributed by atoms with Crippen LogP contribution in [0.2, 0.25) is 0 Å². The van der Waals surface area contributed by atoms with Crippen molar-refractivity contribution in [3.8, 4) is 5.75 Å².